The van der Waals surface area contributed by atoms with E-state index in [1.165, 1.54) is 0 Å². The van der Waals surface area contributed by atoms with Gasteiger partial charge < -0.3 is 16.2 Å². The van der Waals surface area contributed by atoms with Crippen molar-refractivity contribution in [3.05, 3.63) is 35.9 Å². The van der Waals surface area contributed by atoms with Crippen molar-refractivity contribution in [3.8, 4) is 0 Å². The lowest BCUT2D eigenvalue weighted by Gasteiger charge is -2.30. The number of amides is 1. The van der Waals surface area contributed by atoms with Crippen molar-refractivity contribution >= 4 is 11.9 Å². The number of carboxylic acids is 1. The first-order valence-corrected chi connectivity index (χ1v) is 7.27. The Morgan fingerprint density at radius 2 is 2.10 bits per heavy atom. The lowest BCUT2D eigenvalue weighted by molar-refractivity contribution is -0.138. The first-order valence-electron chi connectivity index (χ1n) is 7.27. The molecule has 2 rings (SSSR count). The SMILES string of the molecule is CC1(C(=O)NC(CC(=O)O)c2ccccc2)CCCC1N. The number of carbonyl (C=O) groups excluding carboxylic acids is 1. The average Bonchev–Trinajstić information content (AvgIpc) is 2.80. The van der Waals surface area contributed by atoms with Gasteiger partial charge in [0.1, 0.15) is 0 Å². The molecule has 0 aliphatic heterocycles. The smallest absolute Gasteiger partial charge is 0.305 e. The summed E-state index contributed by atoms with van der Waals surface area (Å²) in [6.07, 6.45) is 2.37. The quantitative estimate of drug-likeness (QED) is 0.771. The first-order chi connectivity index (χ1) is 9.93. The summed E-state index contributed by atoms with van der Waals surface area (Å²) in [6, 6.07) is 8.48. The summed E-state index contributed by atoms with van der Waals surface area (Å²) in [7, 11) is 0. The maximum atomic E-state index is 12.6. The second-order valence-electron chi connectivity index (χ2n) is 5.95. The van der Waals surface area contributed by atoms with E-state index in [1.807, 2.05) is 37.3 Å². The Bertz CT molecular complexity index is 518. The van der Waals surface area contributed by atoms with E-state index in [0.29, 0.717) is 0 Å². The van der Waals surface area contributed by atoms with Gasteiger partial charge in [-0.3, -0.25) is 9.59 Å². The van der Waals surface area contributed by atoms with Gasteiger partial charge in [-0.1, -0.05) is 36.8 Å². The highest BCUT2D eigenvalue weighted by Crippen LogP contribution is 2.37. The van der Waals surface area contributed by atoms with Gasteiger partial charge >= 0.3 is 5.97 Å². The van der Waals surface area contributed by atoms with Gasteiger partial charge in [-0.15, -0.1) is 0 Å². The maximum absolute atomic E-state index is 12.6. The number of aliphatic carboxylic acids is 1. The number of hydrogen-bond acceptors (Lipinski definition) is 3. The maximum Gasteiger partial charge on any atom is 0.305 e. The van der Waals surface area contributed by atoms with Crippen LogP contribution in [0.15, 0.2) is 30.3 Å². The Hall–Kier alpha value is -1.88. The van der Waals surface area contributed by atoms with Gasteiger partial charge in [-0.05, 0) is 25.3 Å². The van der Waals surface area contributed by atoms with E-state index in [2.05, 4.69) is 5.32 Å². The number of rotatable bonds is 5. The topological polar surface area (TPSA) is 92.4 Å². The molecule has 1 saturated carbocycles. The minimum absolute atomic E-state index is 0.138. The molecule has 0 bridgehead atoms. The van der Waals surface area contributed by atoms with Gasteiger partial charge in [0.15, 0.2) is 0 Å². The van der Waals surface area contributed by atoms with Gasteiger partial charge in [0.25, 0.3) is 0 Å². The predicted octanol–water partition coefficient (Wildman–Crippen LogP) is 1.84. The standard InChI is InChI=1S/C16H22N2O3/c1-16(9-5-8-13(16)17)15(21)18-12(10-14(19)20)11-6-3-2-4-7-11/h2-4,6-7,12-13H,5,8-10,17H2,1H3,(H,18,21)(H,19,20). The molecule has 1 aliphatic rings. The monoisotopic (exact) mass is 290 g/mol. The molecule has 4 N–H and O–H groups in total. The third kappa shape index (κ3) is 3.42. The summed E-state index contributed by atoms with van der Waals surface area (Å²) in [6.45, 7) is 1.86. The largest absolute Gasteiger partial charge is 0.481 e. The minimum Gasteiger partial charge on any atom is -0.481 e. The molecular weight excluding hydrogens is 268 g/mol. The number of nitrogens with two attached hydrogens (primary N) is 1. The molecule has 5 nitrogen and oxygen atoms in total. The summed E-state index contributed by atoms with van der Waals surface area (Å²) >= 11 is 0. The normalized spacial score (nSPS) is 26.3. The molecule has 114 valence electrons. The van der Waals surface area contributed by atoms with Crippen molar-refractivity contribution in [2.75, 3.05) is 0 Å². The molecule has 1 amide bonds. The minimum atomic E-state index is -0.940. The zero-order chi connectivity index (χ0) is 15.5. The van der Waals surface area contributed by atoms with E-state index in [-0.39, 0.29) is 18.4 Å². The van der Waals surface area contributed by atoms with Crippen molar-refractivity contribution in [2.24, 2.45) is 11.1 Å². The van der Waals surface area contributed by atoms with Crippen molar-refractivity contribution in [2.45, 2.75) is 44.7 Å². The van der Waals surface area contributed by atoms with Crippen molar-refractivity contribution in [1.82, 2.24) is 5.32 Å². The van der Waals surface area contributed by atoms with Gasteiger partial charge in [0.05, 0.1) is 17.9 Å². The summed E-state index contributed by atoms with van der Waals surface area (Å²) in [5, 5.41) is 11.9. The number of benzene rings is 1. The Morgan fingerprint density at radius 3 is 2.62 bits per heavy atom. The summed E-state index contributed by atoms with van der Waals surface area (Å²) in [5.74, 6) is -1.09. The van der Waals surface area contributed by atoms with Crippen molar-refractivity contribution in [1.29, 1.82) is 0 Å². The van der Waals surface area contributed by atoms with Crippen LogP contribution < -0.4 is 11.1 Å². The van der Waals surface area contributed by atoms with Crippen LogP contribution in [-0.2, 0) is 9.59 Å². The number of nitrogens with one attached hydrogen (secondary N) is 1. The van der Waals surface area contributed by atoms with Crippen LogP contribution >= 0.6 is 0 Å². The van der Waals surface area contributed by atoms with Crippen molar-refractivity contribution in [3.63, 3.8) is 0 Å². The van der Waals surface area contributed by atoms with E-state index in [0.717, 1.165) is 24.8 Å². The van der Waals surface area contributed by atoms with Gasteiger partial charge in [-0.2, -0.15) is 0 Å². The Labute approximate surface area is 124 Å². The van der Waals surface area contributed by atoms with Crippen LogP contribution in [0.3, 0.4) is 0 Å². The number of hydrogen-bond donors (Lipinski definition) is 3. The van der Waals surface area contributed by atoms with Crippen LogP contribution in [0, 0.1) is 5.41 Å². The van der Waals surface area contributed by atoms with Crippen molar-refractivity contribution < 1.29 is 14.7 Å². The molecule has 0 aromatic heterocycles. The van der Waals surface area contributed by atoms with Crippen LogP contribution in [-0.4, -0.2) is 23.0 Å². The third-order valence-corrected chi connectivity index (χ3v) is 4.43. The third-order valence-electron chi connectivity index (χ3n) is 4.43. The van der Waals surface area contributed by atoms with E-state index >= 15 is 0 Å². The zero-order valence-electron chi connectivity index (χ0n) is 12.2. The molecule has 1 aromatic carbocycles. The van der Waals surface area contributed by atoms with E-state index < -0.39 is 17.4 Å². The zero-order valence-corrected chi connectivity index (χ0v) is 12.2. The van der Waals surface area contributed by atoms with Crippen LogP contribution in [0.4, 0.5) is 0 Å². The fourth-order valence-corrected chi connectivity index (χ4v) is 2.91. The average molecular weight is 290 g/mol. The predicted molar refractivity (Wildman–Crippen MR) is 79.5 cm³/mol. The van der Waals surface area contributed by atoms with Gasteiger partial charge in [0, 0.05) is 6.04 Å². The molecule has 0 saturated heterocycles. The van der Waals surface area contributed by atoms with E-state index in [1.54, 1.807) is 0 Å². The highest BCUT2D eigenvalue weighted by atomic mass is 16.4. The fourth-order valence-electron chi connectivity index (χ4n) is 2.91. The number of carbonyl (C=O) groups is 2. The molecule has 0 heterocycles. The molecule has 0 radical (unpaired) electrons. The van der Waals surface area contributed by atoms with Crippen LogP contribution in [0.2, 0.25) is 0 Å². The van der Waals surface area contributed by atoms with Crippen LogP contribution in [0.5, 0.6) is 0 Å². The van der Waals surface area contributed by atoms with Gasteiger partial charge in [-0.25, -0.2) is 0 Å². The van der Waals surface area contributed by atoms with E-state index in [9.17, 15) is 9.59 Å². The molecular formula is C16H22N2O3. The second-order valence-corrected chi connectivity index (χ2v) is 5.95. The van der Waals surface area contributed by atoms with Crippen LogP contribution in [0.1, 0.15) is 44.2 Å². The summed E-state index contributed by atoms with van der Waals surface area (Å²) in [4.78, 5) is 23.6. The second kappa shape index (κ2) is 6.26. The lowest BCUT2D eigenvalue weighted by atomic mass is 9.83. The molecule has 3 atom stereocenters. The molecule has 21 heavy (non-hydrogen) atoms. The molecule has 5 heteroatoms. The molecule has 1 aromatic rings. The van der Waals surface area contributed by atoms with Crippen LogP contribution in [0.25, 0.3) is 0 Å². The number of carboxylic acid groups (broad SMARTS) is 1. The summed E-state index contributed by atoms with van der Waals surface area (Å²) in [5.41, 5.74) is 6.24. The molecule has 0 spiro atoms. The Morgan fingerprint density at radius 1 is 1.43 bits per heavy atom. The lowest BCUT2D eigenvalue weighted by Crippen LogP contribution is -2.48. The molecule has 1 aliphatic carbocycles. The highest BCUT2D eigenvalue weighted by molar-refractivity contribution is 5.84. The van der Waals surface area contributed by atoms with Gasteiger partial charge in [0.2, 0.25) is 5.91 Å². The summed E-state index contributed by atoms with van der Waals surface area (Å²) < 4.78 is 0. The fraction of sp³-hybridized carbons (Fsp3) is 0.500. The first kappa shape index (κ1) is 15.5. The Kier molecular flexibility index (Phi) is 4.63. The Balaban J connectivity index is 2.15. The molecule has 1 fully saturated rings. The van der Waals surface area contributed by atoms with E-state index in [4.69, 9.17) is 10.8 Å². The highest BCUT2D eigenvalue weighted by Gasteiger charge is 2.43. The molecule has 3 unspecified atom stereocenters.